The van der Waals surface area contributed by atoms with Gasteiger partial charge in [-0.2, -0.15) is 0 Å². The van der Waals surface area contributed by atoms with Gasteiger partial charge in [0, 0.05) is 24.3 Å². The minimum atomic E-state index is -0.458. The highest BCUT2D eigenvalue weighted by Crippen LogP contribution is 2.31. The number of anilines is 2. The first-order valence-corrected chi connectivity index (χ1v) is 8.05. The second-order valence-electron chi connectivity index (χ2n) is 5.54. The number of hydrogen-bond acceptors (Lipinski definition) is 3. The summed E-state index contributed by atoms with van der Waals surface area (Å²) in [5.41, 5.74) is 1.19. The van der Waals surface area contributed by atoms with Crippen molar-refractivity contribution in [1.29, 1.82) is 0 Å². The van der Waals surface area contributed by atoms with Crippen molar-refractivity contribution in [2.75, 3.05) is 16.8 Å². The lowest BCUT2D eigenvalue weighted by atomic mass is 10.1. The van der Waals surface area contributed by atoms with Crippen molar-refractivity contribution in [3.8, 4) is 5.75 Å². The van der Waals surface area contributed by atoms with Crippen LogP contribution in [0.3, 0.4) is 0 Å². The van der Waals surface area contributed by atoms with Crippen LogP contribution < -0.4 is 10.2 Å². The number of phenols is 1. The number of nitrogens with one attached hydrogen (secondary N) is 1. The van der Waals surface area contributed by atoms with E-state index in [2.05, 4.69) is 5.32 Å². The number of rotatable bonds is 3. The molecule has 0 radical (unpaired) electrons. The third-order valence-electron chi connectivity index (χ3n) is 3.85. The maximum absolute atomic E-state index is 12.3. The number of phenolic OH excluding ortho intramolecular Hbond substituents is 1. The van der Waals surface area contributed by atoms with Gasteiger partial charge >= 0.3 is 0 Å². The van der Waals surface area contributed by atoms with Crippen molar-refractivity contribution in [2.24, 2.45) is 5.92 Å². The van der Waals surface area contributed by atoms with Crippen molar-refractivity contribution in [2.45, 2.75) is 6.42 Å². The normalized spacial score (nSPS) is 17.2. The topological polar surface area (TPSA) is 69.6 Å². The fraction of sp³-hybridized carbons (Fsp3) is 0.176. The number of carbonyl (C=O) groups excluding carboxylic acids is 2. The van der Waals surface area contributed by atoms with Gasteiger partial charge in [0.25, 0.3) is 0 Å². The van der Waals surface area contributed by atoms with Crippen molar-refractivity contribution in [3.05, 3.63) is 52.5 Å². The molecule has 2 aromatic rings. The molecule has 2 aromatic carbocycles. The van der Waals surface area contributed by atoms with Gasteiger partial charge in [0.15, 0.2) is 0 Å². The van der Waals surface area contributed by atoms with Gasteiger partial charge in [-0.15, -0.1) is 0 Å². The molecule has 0 spiro atoms. The van der Waals surface area contributed by atoms with Crippen LogP contribution in [0.15, 0.2) is 42.5 Å². The Hall–Kier alpha value is -2.24. The third kappa shape index (κ3) is 3.47. The van der Waals surface area contributed by atoms with Crippen molar-refractivity contribution in [1.82, 2.24) is 0 Å². The Bertz CT molecular complexity index is 793. The zero-order valence-corrected chi connectivity index (χ0v) is 14.0. The first-order valence-electron chi connectivity index (χ1n) is 7.29. The van der Waals surface area contributed by atoms with Crippen LogP contribution in [0.5, 0.6) is 5.75 Å². The summed E-state index contributed by atoms with van der Waals surface area (Å²) in [6, 6.07) is 11.1. The van der Waals surface area contributed by atoms with Gasteiger partial charge in [-0.25, -0.2) is 0 Å². The fourth-order valence-corrected chi connectivity index (χ4v) is 2.87. The molecule has 2 amide bonds. The first-order chi connectivity index (χ1) is 11.4. The van der Waals surface area contributed by atoms with Crippen molar-refractivity contribution < 1.29 is 14.7 Å². The number of hydrogen-bond donors (Lipinski definition) is 2. The summed E-state index contributed by atoms with van der Waals surface area (Å²) < 4.78 is 0. The highest BCUT2D eigenvalue weighted by atomic mass is 35.5. The molecule has 0 bridgehead atoms. The number of carbonyl (C=O) groups is 2. The van der Waals surface area contributed by atoms with Crippen LogP contribution in [0, 0.1) is 5.92 Å². The van der Waals surface area contributed by atoms with Gasteiger partial charge in [0.1, 0.15) is 5.75 Å². The number of aromatic hydroxyl groups is 1. The average molecular weight is 365 g/mol. The van der Waals surface area contributed by atoms with Crippen LogP contribution in [-0.4, -0.2) is 23.5 Å². The van der Waals surface area contributed by atoms with Gasteiger partial charge in [-0.1, -0.05) is 23.2 Å². The van der Waals surface area contributed by atoms with Crippen LogP contribution in [0.2, 0.25) is 10.0 Å². The maximum atomic E-state index is 12.3. The van der Waals surface area contributed by atoms with Crippen LogP contribution in [0.4, 0.5) is 11.4 Å². The SMILES string of the molecule is O=C(Nc1ccc(O)cc1)C1CC(=O)N(c2ccc(Cl)c(Cl)c2)C1. The highest BCUT2D eigenvalue weighted by Gasteiger charge is 2.35. The molecule has 1 atom stereocenters. The van der Waals surface area contributed by atoms with Gasteiger partial charge in [0.05, 0.1) is 16.0 Å². The molecule has 1 saturated heterocycles. The Morgan fingerprint density at radius 2 is 1.83 bits per heavy atom. The van der Waals surface area contributed by atoms with Gasteiger partial charge in [-0.05, 0) is 42.5 Å². The lowest BCUT2D eigenvalue weighted by molar-refractivity contribution is -0.122. The summed E-state index contributed by atoms with van der Waals surface area (Å²) in [4.78, 5) is 26.1. The van der Waals surface area contributed by atoms with Gasteiger partial charge in [0.2, 0.25) is 11.8 Å². The summed E-state index contributed by atoms with van der Waals surface area (Å²) in [6.45, 7) is 0.278. The monoisotopic (exact) mass is 364 g/mol. The zero-order valence-electron chi connectivity index (χ0n) is 12.5. The van der Waals surface area contributed by atoms with Crippen LogP contribution in [0.1, 0.15) is 6.42 Å². The van der Waals surface area contributed by atoms with Crippen LogP contribution >= 0.6 is 23.2 Å². The maximum Gasteiger partial charge on any atom is 0.229 e. The average Bonchev–Trinajstić information content (AvgIpc) is 2.94. The molecule has 5 nitrogen and oxygen atoms in total. The van der Waals surface area contributed by atoms with Gasteiger partial charge < -0.3 is 15.3 Å². The van der Waals surface area contributed by atoms with E-state index >= 15 is 0 Å². The molecule has 0 saturated carbocycles. The van der Waals surface area contributed by atoms with E-state index in [0.29, 0.717) is 21.4 Å². The lowest BCUT2D eigenvalue weighted by Gasteiger charge is -2.17. The Morgan fingerprint density at radius 3 is 2.50 bits per heavy atom. The number of nitrogens with zero attached hydrogens (tertiary/aromatic N) is 1. The van der Waals surface area contributed by atoms with E-state index < -0.39 is 5.92 Å². The predicted octanol–water partition coefficient (Wildman–Crippen LogP) is 3.69. The molecule has 124 valence electrons. The van der Waals surface area contributed by atoms with Crippen molar-refractivity contribution in [3.63, 3.8) is 0 Å². The third-order valence-corrected chi connectivity index (χ3v) is 4.58. The number of halogens is 2. The van der Waals surface area contributed by atoms with Gasteiger partial charge in [-0.3, -0.25) is 9.59 Å². The minimum Gasteiger partial charge on any atom is -0.508 e. The van der Waals surface area contributed by atoms with E-state index in [-0.39, 0.29) is 30.5 Å². The smallest absolute Gasteiger partial charge is 0.229 e. The molecule has 1 aliphatic heterocycles. The van der Waals surface area contributed by atoms with E-state index in [1.807, 2.05) is 0 Å². The quantitative estimate of drug-likeness (QED) is 0.815. The molecule has 3 rings (SSSR count). The molecule has 1 unspecified atom stereocenters. The molecule has 0 aromatic heterocycles. The van der Waals surface area contributed by atoms with Crippen molar-refractivity contribution >= 4 is 46.4 Å². The number of amides is 2. The highest BCUT2D eigenvalue weighted by molar-refractivity contribution is 6.42. The fourth-order valence-electron chi connectivity index (χ4n) is 2.57. The predicted molar refractivity (Wildman–Crippen MR) is 93.7 cm³/mol. The van der Waals surface area contributed by atoms with E-state index in [0.717, 1.165) is 0 Å². The van der Waals surface area contributed by atoms with Crippen LogP contribution in [-0.2, 0) is 9.59 Å². The molecule has 0 aliphatic carbocycles. The first kappa shape index (κ1) is 16.6. The largest absolute Gasteiger partial charge is 0.508 e. The molecule has 1 heterocycles. The molecule has 24 heavy (non-hydrogen) atoms. The Kier molecular flexibility index (Phi) is 4.64. The lowest BCUT2D eigenvalue weighted by Crippen LogP contribution is -2.28. The second kappa shape index (κ2) is 6.71. The van der Waals surface area contributed by atoms with Crippen LogP contribution in [0.25, 0.3) is 0 Å². The zero-order chi connectivity index (χ0) is 17.3. The summed E-state index contributed by atoms with van der Waals surface area (Å²) in [5, 5.41) is 12.8. The minimum absolute atomic E-state index is 0.120. The Balaban J connectivity index is 1.70. The van der Waals surface area contributed by atoms with E-state index in [4.69, 9.17) is 23.2 Å². The molecule has 1 aliphatic rings. The summed E-state index contributed by atoms with van der Waals surface area (Å²) in [7, 11) is 0. The summed E-state index contributed by atoms with van der Waals surface area (Å²) in [6.07, 6.45) is 0.129. The molecular formula is C17H14Cl2N2O3. The standard InChI is InChI=1S/C17H14Cl2N2O3/c18-14-6-3-12(8-15(14)19)21-9-10(7-16(21)23)17(24)20-11-1-4-13(22)5-2-11/h1-6,8,10,22H,7,9H2,(H,20,24). The second-order valence-corrected chi connectivity index (χ2v) is 6.35. The van der Waals surface area contributed by atoms with E-state index in [1.165, 1.54) is 17.0 Å². The Labute approximate surface area is 148 Å². The Morgan fingerprint density at radius 1 is 1.12 bits per heavy atom. The van der Waals surface area contributed by atoms with E-state index in [9.17, 15) is 14.7 Å². The molecule has 2 N–H and O–H groups in total. The van der Waals surface area contributed by atoms with E-state index in [1.54, 1.807) is 30.3 Å². The summed E-state index contributed by atoms with van der Waals surface area (Å²) in [5.74, 6) is -0.716. The molecular weight excluding hydrogens is 351 g/mol. The number of benzene rings is 2. The summed E-state index contributed by atoms with van der Waals surface area (Å²) >= 11 is 11.9. The molecule has 1 fully saturated rings. The molecule has 7 heteroatoms.